The molecule has 5 nitrogen and oxygen atoms in total. The molecule has 112 valence electrons. The van der Waals surface area contributed by atoms with E-state index in [-0.39, 0.29) is 11.9 Å². The molecule has 1 saturated carbocycles. The number of aliphatic carboxylic acids is 1. The summed E-state index contributed by atoms with van der Waals surface area (Å²) in [5, 5.41) is 12.1. The van der Waals surface area contributed by atoms with E-state index >= 15 is 0 Å². The Bertz CT molecular complexity index is 557. The molecule has 0 radical (unpaired) electrons. The number of fused-ring (bicyclic) bond motifs is 1. The number of carboxylic acids is 1. The smallest absolute Gasteiger partial charge is 0.308 e. The van der Waals surface area contributed by atoms with Gasteiger partial charge in [-0.3, -0.25) is 9.59 Å². The van der Waals surface area contributed by atoms with Gasteiger partial charge in [0.25, 0.3) is 5.91 Å². The molecule has 5 heteroatoms. The summed E-state index contributed by atoms with van der Waals surface area (Å²) in [4.78, 5) is 23.6. The molecule has 0 spiro atoms. The Labute approximate surface area is 123 Å². The fraction of sp³-hybridized carbons (Fsp3) is 0.500. The van der Waals surface area contributed by atoms with E-state index in [2.05, 4.69) is 5.32 Å². The van der Waals surface area contributed by atoms with E-state index in [1.165, 1.54) is 0 Å². The Morgan fingerprint density at radius 1 is 1.24 bits per heavy atom. The highest BCUT2D eigenvalue weighted by atomic mass is 16.5. The highest BCUT2D eigenvalue weighted by Crippen LogP contribution is 2.30. The fourth-order valence-corrected chi connectivity index (χ4v) is 3.30. The maximum Gasteiger partial charge on any atom is 0.308 e. The van der Waals surface area contributed by atoms with E-state index < -0.39 is 18.0 Å². The number of hydrogen-bond acceptors (Lipinski definition) is 3. The van der Waals surface area contributed by atoms with E-state index in [0.717, 1.165) is 30.4 Å². The summed E-state index contributed by atoms with van der Waals surface area (Å²) in [6, 6.07) is 7.48. The predicted octanol–water partition coefficient (Wildman–Crippen LogP) is 1.67. The van der Waals surface area contributed by atoms with Gasteiger partial charge >= 0.3 is 5.97 Å². The van der Waals surface area contributed by atoms with Crippen LogP contribution in [0.5, 0.6) is 0 Å². The lowest BCUT2D eigenvalue weighted by atomic mass is 9.96. The van der Waals surface area contributed by atoms with Crippen molar-refractivity contribution in [1.29, 1.82) is 0 Å². The standard InChI is InChI=1S/C16H19NO4/c18-15(17-13-7-3-6-12(13)16(19)20)14-11-5-2-1-4-10(11)8-9-21-14/h1-2,4-5,12-14H,3,6-9H2,(H,17,18)(H,19,20)/t12-,13+,14+/m0/s1. The minimum atomic E-state index is -0.831. The molecule has 1 aliphatic heterocycles. The maximum atomic E-state index is 12.5. The van der Waals surface area contributed by atoms with Crippen molar-refractivity contribution in [2.45, 2.75) is 37.8 Å². The van der Waals surface area contributed by atoms with Crippen molar-refractivity contribution < 1.29 is 19.4 Å². The van der Waals surface area contributed by atoms with E-state index in [0.29, 0.717) is 13.0 Å². The largest absolute Gasteiger partial charge is 0.481 e. The Balaban J connectivity index is 1.73. The van der Waals surface area contributed by atoms with Crippen LogP contribution in [-0.4, -0.2) is 29.6 Å². The van der Waals surface area contributed by atoms with E-state index in [4.69, 9.17) is 4.74 Å². The van der Waals surface area contributed by atoms with Crippen LogP contribution in [0.4, 0.5) is 0 Å². The zero-order chi connectivity index (χ0) is 14.8. The highest BCUT2D eigenvalue weighted by molar-refractivity contribution is 5.84. The quantitative estimate of drug-likeness (QED) is 0.887. The molecule has 21 heavy (non-hydrogen) atoms. The average molecular weight is 289 g/mol. The number of carbonyl (C=O) groups excluding carboxylic acids is 1. The average Bonchev–Trinajstić information content (AvgIpc) is 2.95. The first-order valence-corrected chi connectivity index (χ1v) is 7.39. The van der Waals surface area contributed by atoms with Crippen LogP contribution in [0.2, 0.25) is 0 Å². The van der Waals surface area contributed by atoms with Gasteiger partial charge < -0.3 is 15.2 Å². The molecule has 0 aromatic heterocycles. The van der Waals surface area contributed by atoms with Crippen LogP contribution in [0, 0.1) is 5.92 Å². The normalized spacial score (nSPS) is 27.9. The third-order valence-electron chi connectivity index (χ3n) is 4.39. The third-order valence-corrected chi connectivity index (χ3v) is 4.39. The van der Waals surface area contributed by atoms with Crippen LogP contribution in [0.15, 0.2) is 24.3 Å². The lowest BCUT2D eigenvalue weighted by Gasteiger charge is -2.27. The van der Waals surface area contributed by atoms with Crippen molar-refractivity contribution >= 4 is 11.9 Å². The molecule has 1 aliphatic carbocycles. The molecule has 2 N–H and O–H groups in total. The zero-order valence-corrected chi connectivity index (χ0v) is 11.7. The number of carboxylic acid groups (broad SMARTS) is 1. The molecule has 0 unspecified atom stereocenters. The van der Waals surface area contributed by atoms with E-state index in [1.807, 2.05) is 24.3 Å². The molecule has 1 aromatic carbocycles. The van der Waals surface area contributed by atoms with Gasteiger partial charge in [0.2, 0.25) is 0 Å². The molecule has 0 bridgehead atoms. The number of nitrogens with one attached hydrogen (secondary N) is 1. The van der Waals surface area contributed by atoms with Gasteiger partial charge in [-0.25, -0.2) is 0 Å². The van der Waals surface area contributed by atoms with Crippen LogP contribution < -0.4 is 5.32 Å². The number of carbonyl (C=O) groups is 2. The van der Waals surface area contributed by atoms with Crippen molar-refractivity contribution in [1.82, 2.24) is 5.32 Å². The first kappa shape index (κ1) is 14.1. The number of benzene rings is 1. The monoisotopic (exact) mass is 289 g/mol. The first-order chi connectivity index (χ1) is 10.2. The fourth-order valence-electron chi connectivity index (χ4n) is 3.30. The Morgan fingerprint density at radius 3 is 2.86 bits per heavy atom. The van der Waals surface area contributed by atoms with Gasteiger partial charge in [0, 0.05) is 6.04 Å². The maximum absolute atomic E-state index is 12.5. The molecule has 2 aliphatic rings. The molecule has 0 saturated heterocycles. The molecule has 3 atom stereocenters. The van der Waals surface area contributed by atoms with Crippen molar-refractivity contribution in [3.63, 3.8) is 0 Å². The van der Waals surface area contributed by atoms with E-state index in [9.17, 15) is 14.7 Å². The number of amides is 1. The summed E-state index contributed by atoms with van der Waals surface area (Å²) in [7, 11) is 0. The van der Waals surface area contributed by atoms with Crippen molar-refractivity contribution in [3.05, 3.63) is 35.4 Å². The topological polar surface area (TPSA) is 75.6 Å². The van der Waals surface area contributed by atoms with Gasteiger partial charge in [0.15, 0.2) is 6.10 Å². The Kier molecular flexibility index (Phi) is 3.92. The van der Waals surface area contributed by atoms with Crippen molar-refractivity contribution in [2.75, 3.05) is 6.61 Å². The number of hydrogen-bond donors (Lipinski definition) is 2. The summed E-state index contributed by atoms with van der Waals surface area (Å²) in [6.07, 6.45) is 2.37. The van der Waals surface area contributed by atoms with Crippen LogP contribution >= 0.6 is 0 Å². The lowest BCUT2D eigenvalue weighted by Crippen LogP contribution is -2.43. The molecular weight excluding hydrogens is 270 g/mol. The van der Waals surface area contributed by atoms with Gasteiger partial charge in [-0.2, -0.15) is 0 Å². The second kappa shape index (κ2) is 5.85. The summed E-state index contributed by atoms with van der Waals surface area (Å²) in [5.74, 6) is -1.53. The second-order valence-electron chi connectivity index (χ2n) is 5.69. The molecule has 1 heterocycles. The number of ether oxygens (including phenoxy) is 1. The van der Waals surface area contributed by atoms with E-state index in [1.54, 1.807) is 0 Å². The number of rotatable bonds is 3. The summed E-state index contributed by atoms with van der Waals surface area (Å²) in [5.41, 5.74) is 2.02. The zero-order valence-electron chi connectivity index (χ0n) is 11.7. The van der Waals surface area contributed by atoms with Crippen molar-refractivity contribution in [3.8, 4) is 0 Å². The van der Waals surface area contributed by atoms with Crippen molar-refractivity contribution in [2.24, 2.45) is 5.92 Å². The van der Waals surface area contributed by atoms with Gasteiger partial charge in [-0.1, -0.05) is 30.7 Å². The second-order valence-corrected chi connectivity index (χ2v) is 5.69. The van der Waals surface area contributed by atoms with Gasteiger partial charge in [-0.05, 0) is 30.4 Å². The Morgan fingerprint density at radius 2 is 2.05 bits per heavy atom. The first-order valence-electron chi connectivity index (χ1n) is 7.39. The molecule has 1 aromatic rings. The Hall–Kier alpha value is -1.88. The lowest BCUT2D eigenvalue weighted by molar-refractivity contribution is -0.143. The summed E-state index contributed by atoms with van der Waals surface area (Å²) >= 11 is 0. The van der Waals surface area contributed by atoms with Crippen LogP contribution in [-0.2, 0) is 20.7 Å². The minimum Gasteiger partial charge on any atom is -0.481 e. The van der Waals surface area contributed by atoms with Gasteiger partial charge in [0.05, 0.1) is 12.5 Å². The molecule has 3 rings (SSSR count). The van der Waals surface area contributed by atoms with Crippen LogP contribution in [0.3, 0.4) is 0 Å². The minimum absolute atomic E-state index is 0.222. The highest BCUT2D eigenvalue weighted by Gasteiger charge is 2.36. The third kappa shape index (κ3) is 2.78. The van der Waals surface area contributed by atoms with Crippen LogP contribution in [0.25, 0.3) is 0 Å². The van der Waals surface area contributed by atoms with Gasteiger partial charge in [-0.15, -0.1) is 0 Å². The summed E-state index contributed by atoms with van der Waals surface area (Å²) in [6.45, 7) is 0.516. The summed E-state index contributed by atoms with van der Waals surface area (Å²) < 4.78 is 5.61. The molecule has 1 amide bonds. The molecule has 1 fully saturated rings. The van der Waals surface area contributed by atoms with Gasteiger partial charge in [0.1, 0.15) is 0 Å². The van der Waals surface area contributed by atoms with Crippen LogP contribution in [0.1, 0.15) is 36.5 Å². The predicted molar refractivity (Wildman–Crippen MR) is 75.7 cm³/mol. The SMILES string of the molecule is O=C(O)[C@H]1CCC[C@H]1NC(=O)[C@@H]1OCCc2ccccc21. The molecular formula is C16H19NO4.